The molecule has 58 heavy (non-hydrogen) atoms. The van der Waals surface area contributed by atoms with Crippen molar-refractivity contribution in [2.75, 3.05) is 26.1 Å². The first-order valence-corrected chi connectivity index (χ1v) is 22.8. The Morgan fingerprint density at radius 1 is 0.845 bits per heavy atom. The van der Waals surface area contributed by atoms with Crippen LogP contribution < -0.4 is 21.2 Å². The van der Waals surface area contributed by atoms with E-state index < -0.39 is 68.5 Å². The SMILES string of the molecule is CCCCCCCC/C=C/CCCCCCCC(=O)Nc1ccn([C@H]2O[C@H](COP(=O)(N[C@@H](CC(C)C)C(=O)OC)N[C@@H](CC(C)C)C(=O)OC)C(O)[C@H]2O)c(=O)n1. The number of amides is 1. The first-order valence-electron chi connectivity index (χ1n) is 21.2. The summed E-state index contributed by atoms with van der Waals surface area (Å²) in [6.07, 6.45) is 15.6. The molecule has 0 aromatic carbocycles. The van der Waals surface area contributed by atoms with Crippen LogP contribution >= 0.6 is 7.67 Å². The molecule has 1 aromatic rings. The predicted octanol–water partition coefficient (Wildman–Crippen LogP) is 6.32. The lowest BCUT2D eigenvalue weighted by Crippen LogP contribution is -2.46. The molecule has 5 N–H and O–H groups in total. The number of aliphatic hydroxyl groups is 2. The molecule has 332 valence electrons. The summed E-state index contributed by atoms with van der Waals surface area (Å²) in [7, 11) is -1.94. The van der Waals surface area contributed by atoms with Crippen LogP contribution in [0.5, 0.6) is 0 Å². The largest absolute Gasteiger partial charge is 0.468 e. The van der Waals surface area contributed by atoms with Gasteiger partial charge in [0, 0.05) is 12.6 Å². The summed E-state index contributed by atoms with van der Waals surface area (Å²) in [5, 5.41) is 29.8. The first kappa shape index (κ1) is 51.2. The minimum atomic E-state index is -4.32. The molecule has 1 fully saturated rings. The summed E-state index contributed by atoms with van der Waals surface area (Å²) in [5.74, 6) is -1.72. The van der Waals surface area contributed by atoms with Gasteiger partial charge in [0.2, 0.25) is 5.91 Å². The van der Waals surface area contributed by atoms with Gasteiger partial charge in [-0.05, 0) is 62.8 Å². The number of carbonyl (C=O) groups is 3. The van der Waals surface area contributed by atoms with Crippen molar-refractivity contribution in [3.63, 3.8) is 0 Å². The van der Waals surface area contributed by atoms with Gasteiger partial charge in [-0.3, -0.25) is 23.5 Å². The zero-order chi connectivity index (χ0) is 43.1. The molecule has 1 aromatic heterocycles. The number of allylic oxidation sites excluding steroid dienone is 2. The second-order valence-corrected chi connectivity index (χ2v) is 17.8. The number of esters is 2. The fourth-order valence-corrected chi connectivity index (χ4v) is 8.49. The van der Waals surface area contributed by atoms with Gasteiger partial charge in [-0.25, -0.2) is 15.0 Å². The van der Waals surface area contributed by atoms with E-state index in [1.165, 1.54) is 65.0 Å². The van der Waals surface area contributed by atoms with Crippen molar-refractivity contribution < 1.29 is 47.9 Å². The maximum Gasteiger partial charge on any atom is 0.351 e. The first-order chi connectivity index (χ1) is 27.6. The quantitative estimate of drug-likeness (QED) is 0.0248. The van der Waals surface area contributed by atoms with Crippen LogP contribution in [-0.4, -0.2) is 88.8 Å². The standard InChI is InChI=1S/C41H72N5O11P/c1-8-9-10-11-12-13-14-15-16-17-18-19-20-21-22-23-35(47)42-34-24-25-46(41(52)43-34)38-37(49)36(48)33(57-38)28-56-58(53,44-31(26-29(2)3)39(50)54-6)45-32(27-30(4)5)40(51)55-7/h15-16,24-25,29-33,36-38,48-49H,8-14,17-23,26-28H2,1-7H3,(H2,44,45,53)(H,42,43,47,52)/b16-15+/t31-,32-,33+,36?,37+,38-/m0/s1. The van der Waals surface area contributed by atoms with Gasteiger partial charge < -0.3 is 34.3 Å². The Labute approximate surface area is 345 Å². The number of hydrogen-bond donors (Lipinski definition) is 5. The number of hydrogen-bond acceptors (Lipinski definition) is 12. The van der Waals surface area contributed by atoms with E-state index in [1.807, 2.05) is 27.7 Å². The van der Waals surface area contributed by atoms with Gasteiger partial charge in [0.25, 0.3) is 0 Å². The lowest BCUT2D eigenvalue weighted by Gasteiger charge is -2.30. The van der Waals surface area contributed by atoms with Gasteiger partial charge in [-0.2, -0.15) is 4.98 Å². The number of methoxy groups -OCH3 is 2. The van der Waals surface area contributed by atoms with E-state index in [4.69, 9.17) is 18.7 Å². The smallest absolute Gasteiger partial charge is 0.351 e. The average molecular weight is 842 g/mol. The molecule has 1 unspecified atom stereocenters. The molecule has 16 nitrogen and oxygen atoms in total. The predicted molar refractivity (Wildman–Crippen MR) is 223 cm³/mol. The van der Waals surface area contributed by atoms with Crippen molar-refractivity contribution >= 4 is 31.3 Å². The molecule has 0 bridgehead atoms. The van der Waals surface area contributed by atoms with Crippen LogP contribution in [0.25, 0.3) is 0 Å². The van der Waals surface area contributed by atoms with Crippen LogP contribution in [0, 0.1) is 11.8 Å². The number of carbonyl (C=O) groups excluding carboxylic acids is 3. The van der Waals surface area contributed by atoms with Crippen LogP contribution in [-0.2, 0) is 37.7 Å². The van der Waals surface area contributed by atoms with Gasteiger partial charge in [-0.1, -0.05) is 98.1 Å². The fraction of sp³-hybridized carbons (Fsp3) is 0.780. The molecule has 17 heteroatoms. The Bertz CT molecular complexity index is 1470. The zero-order valence-electron chi connectivity index (χ0n) is 35.9. The molecule has 2 rings (SSSR count). The highest BCUT2D eigenvalue weighted by Gasteiger charge is 2.46. The maximum atomic E-state index is 14.4. The molecular weight excluding hydrogens is 769 g/mol. The fourth-order valence-electron chi connectivity index (χ4n) is 6.67. The third-order valence-electron chi connectivity index (χ3n) is 9.83. The van der Waals surface area contributed by atoms with Crippen LogP contribution in [0.15, 0.2) is 29.2 Å². The Morgan fingerprint density at radius 2 is 1.36 bits per heavy atom. The number of unbranched alkanes of at least 4 members (excludes halogenated alkanes) is 11. The van der Waals surface area contributed by atoms with E-state index in [9.17, 15) is 34.0 Å². The lowest BCUT2D eigenvalue weighted by molar-refractivity contribution is -0.143. The Balaban J connectivity index is 1.95. The summed E-state index contributed by atoms with van der Waals surface area (Å²) in [6, 6.07) is -0.810. The Morgan fingerprint density at radius 3 is 1.86 bits per heavy atom. The van der Waals surface area contributed by atoms with Crippen LogP contribution in [0.3, 0.4) is 0 Å². The van der Waals surface area contributed by atoms with Gasteiger partial charge in [0.15, 0.2) is 6.23 Å². The molecule has 1 aliphatic rings. The van der Waals surface area contributed by atoms with E-state index in [0.29, 0.717) is 6.42 Å². The number of aromatic nitrogens is 2. The molecule has 0 saturated carbocycles. The summed E-state index contributed by atoms with van der Waals surface area (Å²) < 4.78 is 36.8. The number of anilines is 1. The molecule has 0 radical (unpaired) electrons. The molecule has 0 spiro atoms. The van der Waals surface area contributed by atoms with Crippen molar-refractivity contribution in [3.05, 3.63) is 34.9 Å². The van der Waals surface area contributed by atoms with E-state index >= 15 is 0 Å². The van der Waals surface area contributed by atoms with Gasteiger partial charge in [0.1, 0.15) is 36.2 Å². The normalized spacial score (nSPS) is 19.5. The average Bonchev–Trinajstić information content (AvgIpc) is 3.45. The summed E-state index contributed by atoms with van der Waals surface area (Å²) in [4.78, 5) is 54.8. The van der Waals surface area contributed by atoms with Gasteiger partial charge in [0.05, 0.1) is 20.8 Å². The van der Waals surface area contributed by atoms with Crippen molar-refractivity contribution in [2.45, 2.75) is 174 Å². The van der Waals surface area contributed by atoms with E-state index in [-0.39, 0.29) is 42.8 Å². The number of aliphatic hydroxyl groups excluding tert-OH is 2. The van der Waals surface area contributed by atoms with Crippen molar-refractivity contribution in [1.29, 1.82) is 0 Å². The molecule has 6 atom stereocenters. The highest BCUT2D eigenvalue weighted by Crippen LogP contribution is 2.42. The van der Waals surface area contributed by atoms with Crippen molar-refractivity contribution in [2.24, 2.45) is 11.8 Å². The molecule has 1 aliphatic heterocycles. The number of nitrogens with one attached hydrogen (secondary N) is 3. The third-order valence-corrected chi connectivity index (χ3v) is 11.6. The topological polar surface area (TPSA) is 217 Å². The molecule has 2 heterocycles. The Kier molecular flexibility index (Phi) is 24.4. The summed E-state index contributed by atoms with van der Waals surface area (Å²) in [5.41, 5.74) is -0.852. The number of nitrogens with zero attached hydrogens (tertiary/aromatic N) is 2. The number of ether oxygens (including phenoxy) is 3. The number of rotatable bonds is 30. The molecule has 1 saturated heterocycles. The van der Waals surface area contributed by atoms with Gasteiger partial charge in [-0.15, -0.1) is 0 Å². The second-order valence-electron chi connectivity index (χ2n) is 15.9. The Hall–Kier alpha value is -2.98. The monoisotopic (exact) mass is 841 g/mol. The lowest BCUT2D eigenvalue weighted by atomic mass is 10.1. The minimum Gasteiger partial charge on any atom is -0.468 e. The van der Waals surface area contributed by atoms with Crippen molar-refractivity contribution in [1.82, 2.24) is 19.7 Å². The second kappa shape index (κ2) is 27.7. The van der Waals surface area contributed by atoms with Gasteiger partial charge >= 0.3 is 25.3 Å². The summed E-state index contributed by atoms with van der Waals surface area (Å²) >= 11 is 0. The highest BCUT2D eigenvalue weighted by atomic mass is 31.2. The zero-order valence-corrected chi connectivity index (χ0v) is 36.8. The molecule has 1 amide bonds. The molecule has 0 aliphatic carbocycles. The van der Waals surface area contributed by atoms with Crippen molar-refractivity contribution in [3.8, 4) is 0 Å². The van der Waals surface area contributed by atoms with Crippen LogP contribution in [0.1, 0.15) is 144 Å². The maximum absolute atomic E-state index is 14.4. The van der Waals surface area contributed by atoms with Crippen LogP contribution in [0.2, 0.25) is 0 Å². The van der Waals surface area contributed by atoms with E-state index in [1.54, 1.807) is 0 Å². The highest BCUT2D eigenvalue weighted by molar-refractivity contribution is 7.54. The minimum absolute atomic E-state index is 0.0309. The third kappa shape index (κ3) is 18.9. The molecular formula is C41H72N5O11P. The van der Waals surface area contributed by atoms with Crippen LogP contribution in [0.4, 0.5) is 5.82 Å². The summed E-state index contributed by atoms with van der Waals surface area (Å²) in [6.45, 7) is 9.06. The van der Waals surface area contributed by atoms with E-state index in [0.717, 1.165) is 43.1 Å². The van der Waals surface area contributed by atoms with E-state index in [2.05, 4.69) is 39.6 Å².